The number of nitrogens with zero attached hydrogens (tertiary/aromatic N) is 2. The topological polar surface area (TPSA) is 83.6 Å². The van der Waals surface area contributed by atoms with Gasteiger partial charge >= 0.3 is 11.8 Å². The first-order valence-corrected chi connectivity index (χ1v) is 8.33. The molecule has 2 rings (SSSR count). The molecule has 2 amide bonds. The summed E-state index contributed by atoms with van der Waals surface area (Å²) in [6, 6.07) is 3.78. The molecular formula is C17H26N4O3. The minimum absolute atomic E-state index is 0.0191. The number of carbonyl (C=O) groups is 2. The Morgan fingerprint density at radius 1 is 1.25 bits per heavy atom. The number of ether oxygens (including phenoxy) is 1. The van der Waals surface area contributed by atoms with Gasteiger partial charge in [-0.1, -0.05) is 0 Å². The number of amides is 2. The van der Waals surface area contributed by atoms with Crippen molar-refractivity contribution in [3.8, 4) is 5.88 Å². The number of carbonyl (C=O) groups excluding carboxylic acids is 2. The molecule has 7 nitrogen and oxygen atoms in total. The highest BCUT2D eigenvalue weighted by Gasteiger charge is 2.27. The molecule has 0 aromatic carbocycles. The van der Waals surface area contributed by atoms with Crippen LogP contribution >= 0.6 is 0 Å². The van der Waals surface area contributed by atoms with Gasteiger partial charge in [-0.15, -0.1) is 0 Å². The van der Waals surface area contributed by atoms with Gasteiger partial charge in [0.1, 0.15) is 0 Å². The first kappa shape index (κ1) is 18.2. The van der Waals surface area contributed by atoms with Gasteiger partial charge in [0.25, 0.3) is 0 Å². The van der Waals surface area contributed by atoms with Crippen LogP contribution in [-0.4, -0.2) is 53.0 Å². The van der Waals surface area contributed by atoms with E-state index in [1.807, 2.05) is 13.8 Å². The second-order valence-electron chi connectivity index (χ2n) is 6.55. The standard InChI is InChI=1S/C17H26N4O3/c1-11(2)21-8-7-14(10-21)20-17(23)16(22)19-13-5-6-15(18-9-13)24-12(3)4/h5-6,9,11-12,14H,7-8,10H2,1-4H3,(H,19,22)(H,20,23). The van der Waals surface area contributed by atoms with Crippen LogP contribution in [0.3, 0.4) is 0 Å². The van der Waals surface area contributed by atoms with E-state index < -0.39 is 11.8 Å². The number of aromatic nitrogens is 1. The summed E-state index contributed by atoms with van der Waals surface area (Å²) in [5, 5.41) is 5.33. The Morgan fingerprint density at radius 2 is 2.00 bits per heavy atom. The molecule has 0 radical (unpaired) electrons. The lowest BCUT2D eigenvalue weighted by Crippen LogP contribution is -2.43. The number of likely N-dealkylation sites (tertiary alicyclic amines) is 1. The molecule has 0 aliphatic carbocycles. The van der Waals surface area contributed by atoms with Crippen molar-refractivity contribution < 1.29 is 14.3 Å². The highest BCUT2D eigenvalue weighted by molar-refractivity contribution is 6.39. The summed E-state index contributed by atoms with van der Waals surface area (Å²) >= 11 is 0. The van der Waals surface area contributed by atoms with Crippen molar-refractivity contribution >= 4 is 17.5 Å². The average molecular weight is 334 g/mol. The van der Waals surface area contributed by atoms with E-state index in [2.05, 4.69) is 34.4 Å². The Hall–Kier alpha value is -2.15. The lowest BCUT2D eigenvalue weighted by Gasteiger charge is -2.20. The maximum Gasteiger partial charge on any atom is 0.313 e. The van der Waals surface area contributed by atoms with E-state index in [0.29, 0.717) is 17.6 Å². The minimum atomic E-state index is -0.683. The molecule has 2 heterocycles. The Morgan fingerprint density at radius 3 is 2.54 bits per heavy atom. The number of anilines is 1. The van der Waals surface area contributed by atoms with Crippen LogP contribution < -0.4 is 15.4 Å². The van der Waals surface area contributed by atoms with E-state index in [1.165, 1.54) is 6.20 Å². The summed E-state index contributed by atoms with van der Waals surface area (Å²) in [7, 11) is 0. The first-order chi connectivity index (χ1) is 11.3. The fourth-order valence-corrected chi connectivity index (χ4v) is 2.58. The molecule has 7 heteroatoms. The molecule has 1 saturated heterocycles. The predicted molar refractivity (Wildman–Crippen MR) is 91.9 cm³/mol. The molecule has 1 fully saturated rings. The van der Waals surface area contributed by atoms with Crippen molar-refractivity contribution in [1.82, 2.24) is 15.2 Å². The van der Waals surface area contributed by atoms with Gasteiger partial charge in [-0.2, -0.15) is 0 Å². The van der Waals surface area contributed by atoms with Crippen molar-refractivity contribution in [3.63, 3.8) is 0 Å². The van der Waals surface area contributed by atoms with Crippen molar-refractivity contribution in [2.24, 2.45) is 0 Å². The summed E-state index contributed by atoms with van der Waals surface area (Å²) in [6.07, 6.45) is 2.36. The van der Waals surface area contributed by atoms with Crippen LogP contribution in [0, 0.1) is 0 Å². The molecule has 0 bridgehead atoms. The zero-order valence-corrected chi connectivity index (χ0v) is 14.7. The largest absolute Gasteiger partial charge is 0.475 e. The Bertz CT molecular complexity index is 572. The molecule has 24 heavy (non-hydrogen) atoms. The molecule has 2 N–H and O–H groups in total. The summed E-state index contributed by atoms with van der Waals surface area (Å²) in [4.78, 5) is 30.4. The van der Waals surface area contributed by atoms with Gasteiger partial charge in [-0.25, -0.2) is 4.98 Å². The monoisotopic (exact) mass is 334 g/mol. The molecule has 1 aromatic heterocycles. The SMILES string of the molecule is CC(C)Oc1ccc(NC(=O)C(=O)NC2CCN(C(C)C)C2)cn1. The third-order valence-corrected chi connectivity index (χ3v) is 3.84. The molecule has 1 atom stereocenters. The van der Waals surface area contributed by atoms with E-state index >= 15 is 0 Å². The lowest BCUT2D eigenvalue weighted by atomic mass is 10.2. The number of hydrogen-bond donors (Lipinski definition) is 2. The molecule has 1 aliphatic heterocycles. The molecule has 0 spiro atoms. The van der Waals surface area contributed by atoms with E-state index in [4.69, 9.17) is 4.74 Å². The number of pyridine rings is 1. The van der Waals surface area contributed by atoms with Crippen LogP contribution in [0.1, 0.15) is 34.1 Å². The smallest absolute Gasteiger partial charge is 0.313 e. The summed E-state index contributed by atoms with van der Waals surface area (Å²) in [6.45, 7) is 9.77. The predicted octanol–water partition coefficient (Wildman–Crippen LogP) is 1.41. The molecule has 0 saturated carbocycles. The van der Waals surface area contributed by atoms with Crippen molar-refractivity contribution in [3.05, 3.63) is 18.3 Å². The van der Waals surface area contributed by atoms with Crippen LogP contribution in [-0.2, 0) is 9.59 Å². The van der Waals surface area contributed by atoms with Crippen LogP contribution in [0.5, 0.6) is 5.88 Å². The third kappa shape index (κ3) is 5.19. The summed E-state index contributed by atoms with van der Waals surface area (Å²) < 4.78 is 5.43. The maximum atomic E-state index is 12.0. The van der Waals surface area contributed by atoms with Crippen molar-refractivity contribution in [1.29, 1.82) is 0 Å². The highest BCUT2D eigenvalue weighted by Crippen LogP contribution is 2.14. The number of nitrogens with one attached hydrogen (secondary N) is 2. The average Bonchev–Trinajstić information content (AvgIpc) is 2.97. The van der Waals surface area contributed by atoms with Crippen LogP contribution in [0.25, 0.3) is 0 Å². The normalized spacial score (nSPS) is 18.0. The zero-order valence-electron chi connectivity index (χ0n) is 14.7. The molecule has 1 unspecified atom stereocenters. The quantitative estimate of drug-likeness (QED) is 0.796. The minimum Gasteiger partial charge on any atom is -0.475 e. The number of hydrogen-bond acceptors (Lipinski definition) is 5. The van der Waals surface area contributed by atoms with Gasteiger partial charge in [0.2, 0.25) is 5.88 Å². The molecule has 1 aromatic rings. The van der Waals surface area contributed by atoms with Gasteiger partial charge in [0, 0.05) is 31.2 Å². The van der Waals surface area contributed by atoms with Crippen molar-refractivity contribution in [2.45, 2.75) is 52.3 Å². The second-order valence-corrected chi connectivity index (χ2v) is 6.55. The number of rotatable bonds is 5. The third-order valence-electron chi connectivity index (χ3n) is 3.84. The van der Waals surface area contributed by atoms with Gasteiger partial charge in [0.05, 0.1) is 18.0 Å². The fraction of sp³-hybridized carbons (Fsp3) is 0.588. The molecule has 1 aliphatic rings. The molecular weight excluding hydrogens is 308 g/mol. The van der Waals surface area contributed by atoms with Crippen LogP contribution in [0.4, 0.5) is 5.69 Å². The van der Waals surface area contributed by atoms with Crippen LogP contribution in [0.2, 0.25) is 0 Å². The first-order valence-electron chi connectivity index (χ1n) is 8.33. The van der Waals surface area contributed by atoms with Gasteiger partial charge in [-0.05, 0) is 40.2 Å². The van der Waals surface area contributed by atoms with E-state index in [0.717, 1.165) is 19.5 Å². The van der Waals surface area contributed by atoms with E-state index in [1.54, 1.807) is 12.1 Å². The zero-order chi connectivity index (χ0) is 17.7. The van der Waals surface area contributed by atoms with Crippen LogP contribution in [0.15, 0.2) is 18.3 Å². The highest BCUT2D eigenvalue weighted by atomic mass is 16.5. The fourth-order valence-electron chi connectivity index (χ4n) is 2.58. The van der Waals surface area contributed by atoms with E-state index in [-0.39, 0.29) is 12.1 Å². The Balaban J connectivity index is 1.82. The van der Waals surface area contributed by atoms with Gasteiger partial charge in [0.15, 0.2) is 0 Å². The molecule has 132 valence electrons. The second kappa shape index (κ2) is 8.10. The van der Waals surface area contributed by atoms with Gasteiger partial charge in [-0.3, -0.25) is 14.5 Å². The maximum absolute atomic E-state index is 12.0. The summed E-state index contributed by atoms with van der Waals surface area (Å²) in [5.74, 6) is -0.822. The van der Waals surface area contributed by atoms with Crippen molar-refractivity contribution in [2.75, 3.05) is 18.4 Å². The Labute approximate surface area is 142 Å². The van der Waals surface area contributed by atoms with Gasteiger partial charge < -0.3 is 15.4 Å². The summed E-state index contributed by atoms with van der Waals surface area (Å²) in [5.41, 5.74) is 0.460. The Kier molecular flexibility index (Phi) is 6.14. The van der Waals surface area contributed by atoms with E-state index in [9.17, 15) is 9.59 Å². The lowest BCUT2D eigenvalue weighted by molar-refractivity contribution is -0.136.